The molecular formula is C20H20N2O4. The molecule has 2 aromatic carbocycles. The van der Waals surface area contributed by atoms with Crippen molar-refractivity contribution >= 4 is 5.91 Å². The van der Waals surface area contributed by atoms with Crippen molar-refractivity contribution in [2.24, 2.45) is 0 Å². The number of nitrogens with zero attached hydrogens (tertiary/aromatic N) is 1. The largest absolute Gasteiger partial charge is 0.481 e. The minimum Gasteiger partial charge on any atom is -0.481 e. The van der Waals surface area contributed by atoms with E-state index in [2.05, 4.69) is 5.32 Å². The Balaban J connectivity index is 1.66. The number of fused-ring (bicyclic) bond motifs is 1. The molecule has 134 valence electrons. The quantitative estimate of drug-likeness (QED) is 0.894. The Morgan fingerprint density at radius 2 is 1.88 bits per heavy atom. The molecular weight excluding hydrogens is 332 g/mol. The van der Waals surface area contributed by atoms with Crippen LogP contribution in [0.3, 0.4) is 0 Å². The summed E-state index contributed by atoms with van der Waals surface area (Å²) >= 11 is 0. The normalized spacial score (nSPS) is 13.6. The summed E-state index contributed by atoms with van der Waals surface area (Å²) in [5.41, 5.74) is 0.833. The van der Waals surface area contributed by atoms with Crippen LogP contribution in [-0.4, -0.2) is 18.8 Å². The summed E-state index contributed by atoms with van der Waals surface area (Å²) in [4.78, 5) is 12.5. The van der Waals surface area contributed by atoms with Crippen LogP contribution in [0.2, 0.25) is 0 Å². The van der Waals surface area contributed by atoms with Gasteiger partial charge in [0.05, 0.1) is 17.2 Å². The maximum absolute atomic E-state index is 12.5. The number of nitrogens with one attached hydrogen (secondary N) is 1. The predicted octanol–water partition coefficient (Wildman–Crippen LogP) is 3.11. The maximum Gasteiger partial charge on any atom is 0.261 e. The Hall–Kier alpha value is -3.20. The lowest BCUT2D eigenvalue weighted by Crippen LogP contribution is -2.46. The van der Waals surface area contributed by atoms with Crippen LogP contribution in [0.25, 0.3) is 0 Å². The van der Waals surface area contributed by atoms with E-state index in [0.29, 0.717) is 22.8 Å². The molecule has 1 N–H and O–H groups in total. The van der Waals surface area contributed by atoms with Crippen LogP contribution in [-0.2, 0) is 10.3 Å². The van der Waals surface area contributed by atoms with Gasteiger partial charge in [0.15, 0.2) is 17.6 Å². The lowest BCUT2D eigenvalue weighted by atomic mass is 9.93. The van der Waals surface area contributed by atoms with Crippen LogP contribution in [0.1, 0.15) is 31.9 Å². The zero-order valence-corrected chi connectivity index (χ0v) is 14.9. The van der Waals surface area contributed by atoms with Gasteiger partial charge in [-0.25, -0.2) is 0 Å². The van der Waals surface area contributed by atoms with Crippen molar-refractivity contribution < 1.29 is 19.0 Å². The molecule has 1 heterocycles. The fourth-order valence-electron chi connectivity index (χ4n) is 2.63. The van der Waals surface area contributed by atoms with Crippen molar-refractivity contribution in [1.29, 1.82) is 5.26 Å². The van der Waals surface area contributed by atoms with Gasteiger partial charge < -0.3 is 19.5 Å². The molecule has 1 atom stereocenters. The first kappa shape index (κ1) is 17.6. The lowest BCUT2D eigenvalue weighted by molar-refractivity contribution is -0.129. The van der Waals surface area contributed by atoms with Crippen molar-refractivity contribution in [3.05, 3.63) is 53.6 Å². The Labute approximate surface area is 152 Å². The van der Waals surface area contributed by atoms with Gasteiger partial charge in [0.25, 0.3) is 5.91 Å². The lowest BCUT2D eigenvalue weighted by Gasteiger charge is -2.28. The van der Waals surface area contributed by atoms with E-state index < -0.39 is 11.6 Å². The fraction of sp³-hybridized carbons (Fsp3) is 0.300. The molecule has 2 aromatic rings. The second kappa shape index (κ2) is 6.96. The number of hydrogen-bond acceptors (Lipinski definition) is 5. The van der Waals surface area contributed by atoms with Crippen LogP contribution in [0.5, 0.6) is 17.2 Å². The van der Waals surface area contributed by atoms with Crippen molar-refractivity contribution in [2.45, 2.75) is 32.4 Å². The average molecular weight is 352 g/mol. The molecule has 6 heteroatoms. The third-order valence-corrected chi connectivity index (χ3v) is 4.20. The first-order valence-corrected chi connectivity index (χ1v) is 8.28. The summed E-state index contributed by atoms with van der Waals surface area (Å²) in [6.45, 7) is 5.72. The van der Waals surface area contributed by atoms with Crippen LogP contribution in [0.4, 0.5) is 0 Å². The predicted molar refractivity (Wildman–Crippen MR) is 95.0 cm³/mol. The van der Waals surface area contributed by atoms with Crippen molar-refractivity contribution in [3.8, 4) is 23.3 Å². The molecule has 0 aliphatic carbocycles. The van der Waals surface area contributed by atoms with Crippen molar-refractivity contribution in [2.75, 3.05) is 6.79 Å². The zero-order chi connectivity index (χ0) is 18.7. The molecule has 0 fully saturated rings. The Morgan fingerprint density at radius 3 is 2.58 bits per heavy atom. The van der Waals surface area contributed by atoms with E-state index in [1.165, 1.54) is 0 Å². The summed E-state index contributed by atoms with van der Waals surface area (Å²) in [6.07, 6.45) is -0.684. The highest BCUT2D eigenvalue weighted by Crippen LogP contribution is 2.35. The third kappa shape index (κ3) is 3.72. The second-order valence-corrected chi connectivity index (χ2v) is 6.58. The minimum absolute atomic E-state index is 0.209. The van der Waals surface area contributed by atoms with Crippen LogP contribution in [0.15, 0.2) is 42.5 Å². The van der Waals surface area contributed by atoms with Gasteiger partial charge in [0.1, 0.15) is 5.75 Å². The number of nitriles is 1. The monoisotopic (exact) mass is 352 g/mol. The first-order valence-electron chi connectivity index (χ1n) is 8.28. The third-order valence-electron chi connectivity index (χ3n) is 4.20. The molecule has 1 aliphatic rings. The van der Waals surface area contributed by atoms with Gasteiger partial charge in [-0.15, -0.1) is 0 Å². The zero-order valence-electron chi connectivity index (χ0n) is 14.9. The highest BCUT2D eigenvalue weighted by Gasteiger charge is 2.28. The summed E-state index contributed by atoms with van der Waals surface area (Å²) in [6, 6.07) is 14.3. The molecule has 26 heavy (non-hydrogen) atoms. The Kier molecular flexibility index (Phi) is 4.72. The molecule has 1 unspecified atom stereocenters. The van der Waals surface area contributed by atoms with Gasteiger partial charge in [0.2, 0.25) is 6.79 Å². The molecule has 3 rings (SSSR count). The van der Waals surface area contributed by atoms with Gasteiger partial charge >= 0.3 is 0 Å². The highest BCUT2D eigenvalue weighted by atomic mass is 16.7. The van der Waals surface area contributed by atoms with E-state index in [9.17, 15) is 4.79 Å². The van der Waals surface area contributed by atoms with E-state index in [1.807, 2.05) is 38.1 Å². The molecule has 0 aromatic heterocycles. The Bertz CT molecular complexity index is 853. The van der Waals surface area contributed by atoms with Crippen LogP contribution < -0.4 is 19.5 Å². The smallest absolute Gasteiger partial charge is 0.261 e. The van der Waals surface area contributed by atoms with Gasteiger partial charge in [0, 0.05) is 0 Å². The molecule has 0 radical (unpaired) electrons. The molecule has 1 amide bonds. The number of ether oxygens (including phenoxy) is 3. The molecule has 0 spiro atoms. The SMILES string of the molecule is CC(Oc1ccc(C#N)cc1)C(=O)NC(C)(C)c1ccc2c(c1)OCO2. The molecule has 0 saturated carbocycles. The minimum atomic E-state index is -0.684. The second-order valence-electron chi connectivity index (χ2n) is 6.58. The van der Waals surface area contributed by atoms with E-state index in [1.54, 1.807) is 31.2 Å². The number of carbonyl (C=O) groups is 1. The van der Waals surface area contributed by atoms with E-state index in [4.69, 9.17) is 19.5 Å². The van der Waals surface area contributed by atoms with Crippen molar-refractivity contribution in [3.63, 3.8) is 0 Å². The van der Waals surface area contributed by atoms with E-state index >= 15 is 0 Å². The number of hydrogen-bond donors (Lipinski definition) is 1. The van der Waals surface area contributed by atoms with E-state index in [0.717, 1.165) is 5.56 Å². The molecule has 1 aliphatic heterocycles. The van der Waals surface area contributed by atoms with Crippen molar-refractivity contribution in [1.82, 2.24) is 5.32 Å². The van der Waals surface area contributed by atoms with Crippen LogP contribution in [0, 0.1) is 11.3 Å². The fourth-order valence-corrected chi connectivity index (χ4v) is 2.63. The molecule has 6 nitrogen and oxygen atoms in total. The summed E-state index contributed by atoms with van der Waals surface area (Å²) in [5.74, 6) is 1.67. The molecule has 0 bridgehead atoms. The topological polar surface area (TPSA) is 80.6 Å². The Morgan fingerprint density at radius 1 is 1.19 bits per heavy atom. The van der Waals surface area contributed by atoms with Gasteiger partial charge in [-0.1, -0.05) is 6.07 Å². The van der Waals surface area contributed by atoms with E-state index in [-0.39, 0.29) is 12.7 Å². The standard InChI is InChI=1S/C20H20N2O4/c1-13(26-16-7-4-14(11-21)5-8-16)19(23)22-20(2,3)15-6-9-17-18(10-15)25-12-24-17/h4-10,13H,12H2,1-3H3,(H,22,23). The van der Waals surface area contributed by atoms with Gasteiger partial charge in [-0.2, -0.15) is 5.26 Å². The first-order chi connectivity index (χ1) is 12.4. The van der Waals surface area contributed by atoms with Gasteiger partial charge in [-0.3, -0.25) is 4.79 Å². The summed E-state index contributed by atoms with van der Waals surface area (Å²) < 4.78 is 16.4. The number of carbonyl (C=O) groups excluding carboxylic acids is 1. The summed E-state index contributed by atoms with van der Waals surface area (Å²) in [7, 11) is 0. The van der Waals surface area contributed by atoms with Gasteiger partial charge in [-0.05, 0) is 62.7 Å². The number of amides is 1. The maximum atomic E-state index is 12.5. The number of rotatable bonds is 5. The highest BCUT2D eigenvalue weighted by molar-refractivity contribution is 5.81. The van der Waals surface area contributed by atoms with Crippen LogP contribution >= 0.6 is 0 Å². The average Bonchev–Trinajstić information content (AvgIpc) is 3.09. The number of benzene rings is 2. The summed E-state index contributed by atoms with van der Waals surface area (Å²) in [5, 5.41) is 11.8. The molecule has 0 saturated heterocycles.